The van der Waals surface area contributed by atoms with Gasteiger partial charge in [-0.15, -0.1) is 0 Å². The highest BCUT2D eigenvalue weighted by Crippen LogP contribution is 2.31. The number of H-pyrrole nitrogens is 1. The Morgan fingerprint density at radius 3 is 2.80 bits per heavy atom. The summed E-state index contributed by atoms with van der Waals surface area (Å²) in [4.78, 5) is 20.7. The van der Waals surface area contributed by atoms with Gasteiger partial charge in [0.05, 0.1) is 10.5 Å². The van der Waals surface area contributed by atoms with Crippen molar-refractivity contribution < 1.29 is 0 Å². The van der Waals surface area contributed by atoms with Gasteiger partial charge in [0.25, 0.3) is 0 Å². The van der Waals surface area contributed by atoms with Crippen molar-refractivity contribution in [2.75, 3.05) is 5.32 Å². The molecule has 0 saturated heterocycles. The van der Waals surface area contributed by atoms with E-state index in [-0.39, 0.29) is 0 Å². The fourth-order valence-corrected chi connectivity index (χ4v) is 2.84. The van der Waals surface area contributed by atoms with Crippen LogP contribution in [-0.4, -0.2) is 24.9 Å². The second-order valence-electron chi connectivity index (χ2n) is 5.75. The van der Waals surface area contributed by atoms with Gasteiger partial charge in [-0.3, -0.25) is 0 Å². The standard InChI is InChI=1S/C18H15ClN6/c1-10-4-3-5-12(15(10)19)17-23-13-6-7-20-18(16(13)25-17)24-14-8-11(2)21-9-22-14/h3-9H,1-2H3,(H,23,25)(H,20,21,22,24). The molecular weight excluding hydrogens is 336 g/mol. The minimum absolute atomic E-state index is 0.627. The number of pyridine rings is 1. The average Bonchev–Trinajstić information content (AvgIpc) is 3.02. The van der Waals surface area contributed by atoms with Gasteiger partial charge < -0.3 is 10.3 Å². The topological polar surface area (TPSA) is 79.4 Å². The predicted octanol–water partition coefficient (Wildman–Crippen LogP) is 4.43. The lowest BCUT2D eigenvalue weighted by molar-refractivity contribution is 1.10. The number of nitrogens with one attached hydrogen (secondary N) is 2. The molecule has 0 fully saturated rings. The van der Waals surface area contributed by atoms with E-state index in [1.54, 1.807) is 6.20 Å². The summed E-state index contributed by atoms with van der Waals surface area (Å²) in [6, 6.07) is 9.62. The van der Waals surface area contributed by atoms with Crippen LogP contribution in [0.25, 0.3) is 22.4 Å². The quantitative estimate of drug-likeness (QED) is 0.571. The Morgan fingerprint density at radius 2 is 1.96 bits per heavy atom. The van der Waals surface area contributed by atoms with Crippen molar-refractivity contribution in [2.45, 2.75) is 13.8 Å². The first-order valence-corrected chi connectivity index (χ1v) is 8.15. The second kappa shape index (κ2) is 6.14. The van der Waals surface area contributed by atoms with Crippen LogP contribution in [0.3, 0.4) is 0 Å². The Morgan fingerprint density at radius 1 is 1.08 bits per heavy atom. The van der Waals surface area contributed by atoms with Crippen LogP contribution in [0.4, 0.5) is 11.6 Å². The van der Waals surface area contributed by atoms with Gasteiger partial charge in [-0.2, -0.15) is 0 Å². The smallest absolute Gasteiger partial charge is 0.159 e. The predicted molar refractivity (Wildman–Crippen MR) is 99.1 cm³/mol. The molecule has 1 aromatic carbocycles. The first kappa shape index (κ1) is 15.5. The Labute approximate surface area is 149 Å². The van der Waals surface area contributed by atoms with Crippen LogP contribution in [0.15, 0.2) is 42.9 Å². The molecule has 0 radical (unpaired) electrons. The molecule has 2 N–H and O–H groups in total. The first-order chi connectivity index (χ1) is 12.1. The molecule has 0 aliphatic carbocycles. The number of hydrogen-bond donors (Lipinski definition) is 2. The molecule has 25 heavy (non-hydrogen) atoms. The maximum atomic E-state index is 6.43. The molecule has 0 atom stereocenters. The Balaban J connectivity index is 1.80. The van der Waals surface area contributed by atoms with E-state index in [2.05, 4.69) is 25.3 Å². The summed E-state index contributed by atoms with van der Waals surface area (Å²) in [5, 5.41) is 3.89. The lowest BCUT2D eigenvalue weighted by Crippen LogP contribution is -1.98. The van der Waals surface area contributed by atoms with Crippen molar-refractivity contribution in [3.8, 4) is 11.4 Å². The highest BCUT2D eigenvalue weighted by atomic mass is 35.5. The molecule has 0 amide bonds. The summed E-state index contributed by atoms with van der Waals surface area (Å²) < 4.78 is 0. The van der Waals surface area contributed by atoms with E-state index >= 15 is 0 Å². The summed E-state index contributed by atoms with van der Waals surface area (Å²) in [5.41, 5.74) is 4.34. The van der Waals surface area contributed by atoms with Crippen molar-refractivity contribution in [3.63, 3.8) is 0 Å². The van der Waals surface area contributed by atoms with Gasteiger partial charge in [-0.1, -0.05) is 23.7 Å². The molecule has 0 aliphatic rings. The van der Waals surface area contributed by atoms with Crippen LogP contribution >= 0.6 is 11.6 Å². The summed E-state index contributed by atoms with van der Waals surface area (Å²) in [6.07, 6.45) is 3.23. The number of aromatic amines is 1. The summed E-state index contributed by atoms with van der Waals surface area (Å²) >= 11 is 6.43. The lowest BCUT2D eigenvalue weighted by Gasteiger charge is -2.05. The number of aromatic nitrogens is 5. The largest absolute Gasteiger partial charge is 0.338 e. The van der Waals surface area contributed by atoms with Crippen molar-refractivity contribution in [1.29, 1.82) is 0 Å². The maximum absolute atomic E-state index is 6.43. The third kappa shape index (κ3) is 2.92. The molecule has 0 spiro atoms. The van der Waals surface area contributed by atoms with Crippen LogP contribution in [0, 0.1) is 13.8 Å². The van der Waals surface area contributed by atoms with Crippen molar-refractivity contribution >= 4 is 34.3 Å². The second-order valence-corrected chi connectivity index (χ2v) is 6.13. The SMILES string of the molecule is Cc1cc(Nc2nccc3[nH]c(-c4cccc(C)c4Cl)nc23)ncn1. The Kier molecular flexibility index (Phi) is 3.82. The summed E-state index contributed by atoms with van der Waals surface area (Å²) in [5.74, 6) is 2.01. The molecule has 0 aliphatic heterocycles. The third-order valence-electron chi connectivity index (χ3n) is 3.90. The zero-order valence-corrected chi connectivity index (χ0v) is 14.5. The number of fused-ring (bicyclic) bond motifs is 1. The molecule has 4 rings (SSSR count). The Hall–Kier alpha value is -2.99. The van der Waals surface area contributed by atoms with E-state index in [0.29, 0.717) is 22.5 Å². The molecule has 7 heteroatoms. The first-order valence-electron chi connectivity index (χ1n) is 7.77. The molecule has 0 bridgehead atoms. The van der Waals surface area contributed by atoms with Gasteiger partial charge in [0.1, 0.15) is 23.5 Å². The van der Waals surface area contributed by atoms with Gasteiger partial charge in [0.2, 0.25) is 0 Å². The number of rotatable bonds is 3. The van der Waals surface area contributed by atoms with E-state index in [0.717, 1.165) is 27.9 Å². The molecule has 124 valence electrons. The van der Waals surface area contributed by atoms with Gasteiger partial charge in [-0.05, 0) is 31.5 Å². The van der Waals surface area contributed by atoms with Gasteiger partial charge in [-0.25, -0.2) is 19.9 Å². The molecular formula is C18H15ClN6. The molecule has 6 nitrogen and oxygen atoms in total. The van der Waals surface area contributed by atoms with E-state index in [4.69, 9.17) is 16.6 Å². The normalized spacial score (nSPS) is 11.0. The number of aryl methyl sites for hydroxylation is 2. The summed E-state index contributed by atoms with van der Waals surface area (Å²) in [6.45, 7) is 3.88. The van der Waals surface area contributed by atoms with Gasteiger partial charge in [0.15, 0.2) is 5.82 Å². The number of benzene rings is 1. The van der Waals surface area contributed by atoms with E-state index in [1.165, 1.54) is 6.33 Å². The molecule has 0 saturated carbocycles. The number of nitrogens with zero attached hydrogens (tertiary/aromatic N) is 4. The molecule has 3 heterocycles. The van der Waals surface area contributed by atoms with E-state index in [9.17, 15) is 0 Å². The van der Waals surface area contributed by atoms with Crippen LogP contribution in [0.1, 0.15) is 11.3 Å². The monoisotopic (exact) mass is 350 g/mol. The fraction of sp³-hybridized carbons (Fsp3) is 0.111. The van der Waals surface area contributed by atoms with Crippen LogP contribution in [-0.2, 0) is 0 Å². The van der Waals surface area contributed by atoms with E-state index in [1.807, 2.05) is 44.2 Å². The highest BCUT2D eigenvalue weighted by molar-refractivity contribution is 6.34. The van der Waals surface area contributed by atoms with Crippen LogP contribution in [0.2, 0.25) is 5.02 Å². The number of imidazole rings is 1. The number of hydrogen-bond acceptors (Lipinski definition) is 5. The van der Waals surface area contributed by atoms with E-state index < -0.39 is 0 Å². The summed E-state index contributed by atoms with van der Waals surface area (Å²) in [7, 11) is 0. The van der Waals surface area contributed by atoms with Crippen LogP contribution < -0.4 is 5.32 Å². The van der Waals surface area contributed by atoms with Crippen molar-refractivity contribution in [2.24, 2.45) is 0 Å². The minimum atomic E-state index is 0.627. The third-order valence-corrected chi connectivity index (χ3v) is 4.40. The maximum Gasteiger partial charge on any atom is 0.159 e. The lowest BCUT2D eigenvalue weighted by atomic mass is 10.1. The fourth-order valence-electron chi connectivity index (χ4n) is 2.63. The van der Waals surface area contributed by atoms with Gasteiger partial charge in [0, 0.05) is 23.5 Å². The highest BCUT2D eigenvalue weighted by Gasteiger charge is 2.13. The Bertz CT molecular complexity index is 1070. The van der Waals surface area contributed by atoms with Crippen molar-refractivity contribution in [1.82, 2.24) is 24.9 Å². The van der Waals surface area contributed by atoms with Crippen LogP contribution in [0.5, 0.6) is 0 Å². The molecule has 4 aromatic rings. The van der Waals surface area contributed by atoms with Gasteiger partial charge >= 0.3 is 0 Å². The zero-order chi connectivity index (χ0) is 17.4. The minimum Gasteiger partial charge on any atom is -0.338 e. The number of halogens is 1. The molecule has 3 aromatic heterocycles. The number of anilines is 2. The average molecular weight is 351 g/mol. The zero-order valence-electron chi connectivity index (χ0n) is 13.7. The molecule has 0 unspecified atom stereocenters. The van der Waals surface area contributed by atoms with Crippen molar-refractivity contribution in [3.05, 3.63) is 59.1 Å².